The number of hydrogen-bond donors (Lipinski definition) is 1. The molecule has 1 aromatic carbocycles. The summed E-state index contributed by atoms with van der Waals surface area (Å²) in [6.07, 6.45) is 0.499. The van der Waals surface area contributed by atoms with Crippen molar-refractivity contribution in [2.75, 3.05) is 11.5 Å². The van der Waals surface area contributed by atoms with Gasteiger partial charge in [-0.2, -0.15) is 0 Å². The molecular weight excluding hydrogens is 182 g/mol. The first kappa shape index (κ1) is 10.1. The number of thioether (sulfide) groups is 1. The van der Waals surface area contributed by atoms with Crippen LogP contribution in [0.15, 0.2) is 24.3 Å². The Morgan fingerprint density at radius 1 is 1.38 bits per heavy atom. The van der Waals surface area contributed by atoms with Crippen LogP contribution in [-0.2, 0) is 11.2 Å². The highest BCUT2D eigenvalue weighted by Gasteiger charge is 2.02. The molecule has 0 aromatic heterocycles. The van der Waals surface area contributed by atoms with E-state index >= 15 is 0 Å². The lowest BCUT2D eigenvalue weighted by Gasteiger charge is -1.99. The fraction of sp³-hybridized carbons (Fsp3) is 0.300. The standard InChI is InChI=1S/C10H13NOS/c1-2-13-10(12)7-8-3-5-9(11)6-4-8/h3-6H,2,7,11H2,1H3. The van der Waals surface area contributed by atoms with E-state index in [1.54, 1.807) is 0 Å². The largest absolute Gasteiger partial charge is 0.399 e. The number of benzene rings is 1. The molecule has 0 radical (unpaired) electrons. The highest BCUT2D eigenvalue weighted by Crippen LogP contribution is 2.10. The number of carbonyl (C=O) groups excluding carboxylic acids is 1. The summed E-state index contributed by atoms with van der Waals surface area (Å²) in [4.78, 5) is 11.2. The van der Waals surface area contributed by atoms with Crippen LogP contribution in [0, 0.1) is 0 Å². The number of nitrogens with two attached hydrogens (primary N) is 1. The Morgan fingerprint density at radius 3 is 2.54 bits per heavy atom. The van der Waals surface area contributed by atoms with Crippen molar-refractivity contribution in [1.29, 1.82) is 0 Å². The molecule has 0 bridgehead atoms. The first-order chi connectivity index (χ1) is 6.22. The molecule has 0 heterocycles. The lowest BCUT2D eigenvalue weighted by atomic mass is 10.1. The summed E-state index contributed by atoms with van der Waals surface area (Å²) in [5, 5.41) is 0.215. The minimum atomic E-state index is 0.215. The van der Waals surface area contributed by atoms with Crippen LogP contribution in [0.1, 0.15) is 12.5 Å². The molecule has 13 heavy (non-hydrogen) atoms. The van der Waals surface area contributed by atoms with Gasteiger partial charge in [-0.3, -0.25) is 4.79 Å². The predicted octanol–water partition coefficient (Wildman–Crippen LogP) is 2.09. The van der Waals surface area contributed by atoms with E-state index in [2.05, 4.69) is 0 Å². The van der Waals surface area contributed by atoms with Crippen LogP contribution in [-0.4, -0.2) is 10.9 Å². The van der Waals surface area contributed by atoms with Gasteiger partial charge in [0.15, 0.2) is 5.12 Å². The van der Waals surface area contributed by atoms with Crippen LogP contribution in [0.25, 0.3) is 0 Å². The third kappa shape index (κ3) is 3.51. The van der Waals surface area contributed by atoms with Crippen molar-refractivity contribution >= 4 is 22.6 Å². The second-order valence-electron chi connectivity index (χ2n) is 2.72. The molecular formula is C10H13NOS. The SMILES string of the molecule is CCSC(=O)Cc1ccc(N)cc1. The van der Waals surface area contributed by atoms with Crippen LogP contribution >= 0.6 is 11.8 Å². The number of hydrogen-bond acceptors (Lipinski definition) is 3. The predicted molar refractivity (Wildman–Crippen MR) is 57.7 cm³/mol. The highest BCUT2D eigenvalue weighted by atomic mass is 32.2. The van der Waals surface area contributed by atoms with Crippen LogP contribution in [0.4, 0.5) is 5.69 Å². The summed E-state index contributed by atoms with van der Waals surface area (Å²) in [5.41, 5.74) is 7.29. The molecule has 2 nitrogen and oxygen atoms in total. The zero-order valence-corrected chi connectivity index (χ0v) is 8.43. The normalized spacial score (nSPS) is 9.92. The van der Waals surface area contributed by atoms with Gasteiger partial charge in [0.1, 0.15) is 0 Å². The summed E-state index contributed by atoms with van der Waals surface area (Å²) in [7, 11) is 0. The van der Waals surface area contributed by atoms with Crippen molar-refractivity contribution in [2.24, 2.45) is 0 Å². The molecule has 0 saturated heterocycles. The van der Waals surface area contributed by atoms with E-state index in [-0.39, 0.29) is 5.12 Å². The summed E-state index contributed by atoms with van der Waals surface area (Å²) in [6.45, 7) is 1.98. The fourth-order valence-electron chi connectivity index (χ4n) is 1.01. The van der Waals surface area contributed by atoms with Gasteiger partial charge in [-0.1, -0.05) is 30.8 Å². The molecule has 0 unspecified atom stereocenters. The third-order valence-corrected chi connectivity index (χ3v) is 2.39. The monoisotopic (exact) mass is 195 g/mol. The molecule has 0 spiro atoms. The first-order valence-electron chi connectivity index (χ1n) is 4.22. The minimum Gasteiger partial charge on any atom is -0.399 e. The van der Waals surface area contributed by atoms with E-state index in [0.29, 0.717) is 6.42 Å². The molecule has 0 saturated carbocycles. The lowest BCUT2D eigenvalue weighted by Crippen LogP contribution is -1.97. The van der Waals surface area contributed by atoms with Gasteiger partial charge < -0.3 is 5.73 Å². The van der Waals surface area contributed by atoms with Gasteiger partial charge in [-0.25, -0.2) is 0 Å². The third-order valence-electron chi connectivity index (χ3n) is 1.63. The number of carbonyl (C=O) groups is 1. The number of nitrogen functional groups attached to an aromatic ring is 1. The van der Waals surface area contributed by atoms with Crippen molar-refractivity contribution in [1.82, 2.24) is 0 Å². The smallest absolute Gasteiger partial charge is 0.193 e. The Bertz CT molecular complexity index is 281. The summed E-state index contributed by atoms with van der Waals surface area (Å²) < 4.78 is 0. The van der Waals surface area contributed by atoms with E-state index < -0.39 is 0 Å². The van der Waals surface area contributed by atoms with Crippen LogP contribution < -0.4 is 5.73 Å². The summed E-state index contributed by atoms with van der Waals surface area (Å²) >= 11 is 1.36. The fourth-order valence-corrected chi connectivity index (χ4v) is 1.60. The topological polar surface area (TPSA) is 43.1 Å². The van der Waals surface area contributed by atoms with E-state index in [1.165, 1.54) is 11.8 Å². The lowest BCUT2D eigenvalue weighted by molar-refractivity contribution is -0.110. The molecule has 0 aliphatic carbocycles. The molecule has 3 heteroatoms. The van der Waals surface area contributed by atoms with Crippen LogP contribution in [0.2, 0.25) is 0 Å². The van der Waals surface area contributed by atoms with Gasteiger partial charge >= 0.3 is 0 Å². The molecule has 1 rings (SSSR count). The molecule has 0 aliphatic heterocycles. The maximum absolute atomic E-state index is 11.2. The Hall–Kier alpha value is -0.960. The van der Waals surface area contributed by atoms with E-state index in [1.807, 2.05) is 31.2 Å². The van der Waals surface area contributed by atoms with Crippen molar-refractivity contribution in [2.45, 2.75) is 13.3 Å². The molecule has 0 atom stereocenters. The van der Waals surface area contributed by atoms with E-state index in [9.17, 15) is 4.79 Å². The van der Waals surface area contributed by atoms with E-state index in [4.69, 9.17) is 5.73 Å². The van der Waals surface area contributed by atoms with Gasteiger partial charge in [-0.15, -0.1) is 0 Å². The number of anilines is 1. The van der Waals surface area contributed by atoms with Crippen molar-refractivity contribution in [3.05, 3.63) is 29.8 Å². The molecule has 1 aromatic rings. The van der Waals surface area contributed by atoms with Crippen molar-refractivity contribution in [3.8, 4) is 0 Å². The van der Waals surface area contributed by atoms with Gasteiger partial charge in [0.05, 0.1) is 0 Å². The van der Waals surface area contributed by atoms with Crippen molar-refractivity contribution < 1.29 is 4.79 Å². The Kier molecular flexibility index (Phi) is 3.83. The second kappa shape index (κ2) is 4.92. The summed E-state index contributed by atoms with van der Waals surface area (Å²) in [6, 6.07) is 7.42. The summed E-state index contributed by atoms with van der Waals surface area (Å²) in [5.74, 6) is 0.841. The number of rotatable bonds is 3. The second-order valence-corrected chi connectivity index (χ2v) is 4.04. The maximum atomic E-state index is 11.2. The molecule has 0 aliphatic rings. The maximum Gasteiger partial charge on any atom is 0.193 e. The first-order valence-corrected chi connectivity index (χ1v) is 5.21. The quantitative estimate of drug-likeness (QED) is 0.751. The molecule has 70 valence electrons. The van der Waals surface area contributed by atoms with Gasteiger partial charge in [0.25, 0.3) is 0 Å². The van der Waals surface area contributed by atoms with Crippen molar-refractivity contribution in [3.63, 3.8) is 0 Å². The van der Waals surface area contributed by atoms with Gasteiger partial charge in [-0.05, 0) is 23.4 Å². The molecule has 2 N–H and O–H groups in total. The van der Waals surface area contributed by atoms with Gasteiger partial charge in [0, 0.05) is 12.1 Å². The molecule has 0 fully saturated rings. The Balaban J connectivity index is 2.54. The zero-order valence-electron chi connectivity index (χ0n) is 7.62. The van der Waals surface area contributed by atoms with Crippen LogP contribution in [0.5, 0.6) is 0 Å². The highest BCUT2D eigenvalue weighted by molar-refractivity contribution is 8.13. The van der Waals surface area contributed by atoms with Crippen LogP contribution in [0.3, 0.4) is 0 Å². The Morgan fingerprint density at radius 2 is 2.00 bits per heavy atom. The average Bonchev–Trinajstić information content (AvgIpc) is 2.09. The molecule has 0 amide bonds. The Labute approximate surface area is 82.5 Å². The van der Waals surface area contributed by atoms with E-state index in [0.717, 1.165) is 17.0 Å². The minimum absolute atomic E-state index is 0.215. The zero-order chi connectivity index (χ0) is 9.68. The van der Waals surface area contributed by atoms with Gasteiger partial charge in [0.2, 0.25) is 0 Å². The average molecular weight is 195 g/mol.